The Morgan fingerprint density at radius 2 is 0.468 bits per heavy atom. The van der Waals surface area contributed by atoms with Crippen molar-refractivity contribution in [2.75, 3.05) is 0 Å². The van der Waals surface area contributed by atoms with Crippen LogP contribution in [0, 0.1) is 0 Å². The Kier molecular flexibility index (Phi) is 20.2. The summed E-state index contributed by atoms with van der Waals surface area (Å²) in [4.78, 5) is 0. The maximum absolute atomic E-state index is 7.57. The predicted molar refractivity (Wildman–Crippen MR) is 335 cm³/mol. The summed E-state index contributed by atoms with van der Waals surface area (Å²) in [5.74, 6) is 0. The molecule has 0 unspecified atom stereocenters. The average Bonchev–Trinajstić information content (AvgIpc) is 3.50. The van der Waals surface area contributed by atoms with Gasteiger partial charge in [0.25, 0.3) is 25.0 Å². The smallest absolute Gasteiger partial charge is 0.300 e. The molecule has 0 saturated carbocycles. The quantitative estimate of drug-likeness (QED) is 0.0279. The van der Waals surface area contributed by atoms with E-state index in [1.54, 1.807) is 0 Å². The van der Waals surface area contributed by atoms with Crippen molar-refractivity contribution in [3.05, 3.63) is 323 Å². The highest BCUT2D eigenvalue weighted by Crippen LogP contribution is 2.29. The van der Waals surface area contributed by atoms with Crippen LogP contribution in [-0.4, -0.2) is 42.1 Å². The zero-order chi connectivity index (χ0) is 54.3. The van der Waals surface area contributed by atoms with Crippen molar-refractivity contribution in [3.63, 3.8) is 0 Å². The Hall–Kier alpha value is -7.96. The van der Waals surface area contributed by atoms with Crippen molar-refractivity contribution in [3.8, 4) is 0 Å². The molecular formula is C70H73N3O3Si3. The molecule has 0 N–H and O–H groups in total. The molecule has 9 aromatic rings. The van der Waals surface area contributed by atoms with Crippen LogP contribution >= 0.6 is 0 Å². The van der Waals surface area contributed by atoms with Gasteiger partial charge in [0.05, 0.1) is 0 Å². The van der Waals surface area contributed by atoms with Gasteiger partial charge in [0.2, 0.25) is 0 Å². The number of hydrogen-bond acceptors (Lipinski definition) is 6. The summed E-state index contributed by atoms with van der Waals surface area (Å²) in [6, 6.07) is 104. The van der Waals surface area contributed by atoms with Crippen LogP contribution in [0.1, 0.15) is 76.8 Å². The van der Waals surface area contributed by atoms with Crippen LogP contribution in [0.5, 0.6) is 0 Å². The third-order valence-corrected chi connectivity index (χ3v) is 25.4. The SMILES string of the molecule is CCCC(=NO[Si](Cc1ccccc1)(Cc1ccccc1)Cc1ccccc1)C(=NO[Si](Cc1ccccc1)(Cc1ccccc1)Cc1ccccc1)C(C)=NO[Si](Cc1ccccc1)(Cc1ccccc1)Cc1ccccc1. The van der Waals surface area contributed by atoms with E-state index < -0.39 is 25.0 Å². The van der Waals surface area contributed by atoms with Gasteiger partial charge >= 0.3 is 0 Å². The van der Waals surface area contributed by atoms with Gasteiger partial charge in [0.15, 0.2) is 5.71 Å². The van der Waals surface area contributed by atoms with Crippen molar-refractivity contribution in [1.29, 1.82) is 0 Å². The Balaban J connectivity index is 1.23. The molecule has 0 aliphatic carbocycles. The second-order valence-corrected chi connectivity index (χ2v) is 32.0. The van der Waals surface area contributed by atoms with Crippen LogP contribution in [0.2, 0.25) is 0 Å². The molecule has 9 heteroatoms. The fourth-order valence-electron chi connectivity index (χ4n) is 10.8. The van der Waals surface area contributed by atoms with E-state index in [9.17, 15) is 0 Å². The lowest BCUT2D eigenvalue weighted by molar-refractivity contribution is 0.309. The van der Waals surface area contributed by atoms with Crippen molar-refractivity contribution in [1.82, 2.24) is 0 Å². The molecule has 398 valence electrons. The average molecular weight is 1090 g/mol. The largest absolute Gasteiger partial charge is 0.454 e. The van der Waals surface area contributed by atoms with E-state index >= 15 is 0 Å². The van der Waals surface area contributed by atoms with Crippen LogP contribution in [-0.2, 0) is 68.0 Å². The first-order valence-electron chi connectivity index (χ1n) is 28.0. The number of oxime groups is 3. The van der Waals surface area contributed by atoms with E-state index in [2.05, 4.69) is 280 Å². The van der Waals surface area contributed by atoms with Gasteiger partial charge in [-0.2, -0.15) is 0 Å². The Morgan fingerprint density at radius 1 is 0.278 bits per heavy atom. The molecule has 6 nitrogen and oxygen atoms in total. The van der Waals surface area contributed by atoms with Crippen LogP contribution < -0.4 is 0 Å². The van der Waals surface area contributed by atoms with Crippen molar-refractivity contribution in [2.24, 2.45) is 15.5 Å². The number of benzene rings is 9. The van der Waals surface area contributed by atoms with Gasteiger partial charge < -0.3 is 13.6 Å². The van der Waals surface area contributed by atoms with Crippen LogP contribution in [0.4, 0.5) is 0 Å². The fourth-order valence-corrected chi connectivity index (χ4v) is 22.3. The number of hydrogen-bond donors (Lipinski definition) is 0. The standard InChI is InChI=1S/C70H73N3O3Si3/c1-3-31-69(72-75-78(53-63-38-19-7-20-39-63,54-64-40-21-8-22-41-64)55-65-42-23-9-24-43-65)70(73-76-79(56-66-44-25-10-26-45-66,57-67-46-27-11-28-47-67)58-68-48-29-12-30-49-68)59(2)71-74-77(50-60-32-13-4-14-33-60,51-61-34-15-5-16-35-61)52-62-36-17-6-18-37-62/h4-30,32-49H,3,31,50-58H2,1-2H3. The minimum Gasteiger partial charge on any atom is -0.454 e. The summed E-state index contributed by atoms with van der Waals surface area (Å²) < 4.78 is 22.5. The van der Waals surface area contributed by atoms with Crippen molar-refractivity contribution < 1.29 is 13.6 Å². The molecule has 0 spiro atoms. The molecule has 0 heterocycles. The lowest BCUT2D eigenvalue weighted by Crippen LogP contribution is -2.47. The minimum absolute atomic E-state index is 0.553. The molecule has 0 aromatic heterocycles. The Labute approximate surface area is 472 Å². The van der Waals surface area contributed by atoms with Gasteiger partial charge in [-0.3, -0.25) is 0 Å². The molecule has 9 rings (SSSR count). The van der Waals surface area contributed by atoms with Crippen molar-refractivity contribution in [2.45, 2.75) is 81.1 Å². The first-order chi connectivity index (χ1) is 38.8. The molecule has 0 bridgehead atoms. The van der Waals surface area contributed by atoms with Gasteiger partial charge in [-0.1, -0.05) is 291 Å². The topological polar surface area (TPSA) is 64.8 Å². The minimum atomic E-state index is -2.98. The third kappa shape index (κ3) is 17.0. The molecular weight excluding hydrogens is 1020 g/mol. The maximum Gasteiger partial charge on any atom is 0.300 e. The highest BCUT2D eigenvalue weighted by molar-refractivity contribution is 6.74. The van der Waals surface area contributed by atoms with Crippen molar-refractivity contribution >= 4 is 42.1 Å². The summed E-state index contributed by atoms with van der Waals surface area (Å²) in [6.45, 7) is 4.22. The molecule has 0 aliphatic heterocycles. The van der Waals surface area contributed by atoms with E-state index in [1.807, 2.05) is 6.92 Å². The maximum atomic E-state index is 7.57. The highest BCUT2D eigenvalue weighted by Gasteiger charge is 2.43. The first kappa shape index (κ1) is 55.8. The normalized spacial score (nSPS) is 12.5. The zero-order valence-corrected chi connectivity index (χ0v) is 48.8. The van der Waals surface area contributed by atoms with Crippen LogP contribution in [0.25, 0.3) is 0 Å². The molecule has 0 aliphatic rings. The highest BCUT2D eigenvalue weighted by atomic mass is 28.4. The Morgan fingerprint density at radius 3 is 0.671 bits per heavy atom. The summed E-state index contributed by atoms with van der Waals surface area (Å²) in [5.41, 5.74) is 12.9. The summed E-state index contributed by atoms with van der Waals surface area (Å²) in [5, 5.41) is 16.3. The molecule has 9 aromatic carbocycles. The van der Waals surface area contributed by atoms with E-state index in [0.29, 0.717) is 23.6 Å². The van der Waals surface area contributed by atoms with Gasteiger partial charge in [-0.15, -0.1) is 10.3 Å². The predicted octanol–water partition coefficient (Wildman–Crippen LogP) is 15.8. The molecule has 0 atom stereocenters. The van der Waals surface area contributed by atoms with Gasteiger partial charge in [0, 0.05) is 54.4 Å². The number of rotatable bonds is 28. The van der Waals surface area contributed by atoms with Gasteiger partial charge in [0.1, 0.15) is 11.4 Å². The van der Waals surface area contributed by atoms with E-state index in [0.717, 1.165) is 60.8 Å². The lowest BCUT2D eigenvalue weighted by Gasteiger charge is -2.31. The second-order valence-electron chi connectivity index (χ2n) is 21.2. The van der Waals surface area contributed by atoms with E-state index in [-0.39, 0.29) is 0 Å². The zero-order valence-electron chi connectivity index (χ0n) is 45.8. The fraction of sp³-hybridized carbons (Fsp3) is 0.186. The lowest BCUT2D eigenvalue weighted by atomic mass is 10.1. The molecule has 0 amide bonds. The molecule has 79 heavy (non-hydrogen) atoms. The van der Waals surface area contributed by atoms with Gasteiger partial charge in [-0.05, 0) is 63.4 Å². The monoisotopic (exact) mass is 1090 g/mol. The van der Waals surface area contributed by atoms with E-state index in [4.69, 9.17) is 29.0 Å². The van der Waals surface area contributed by atoms with E-state index in [1.165, 1.54) is 50.1 Å². The molecule has 0 saturated heterocycles. The molecule has 0 fully saturated rings. The molecule has 0 radical (unpaired) electrons. The van der Waals surface area contributed by atoms with Crippen LogP contribution in [0.3, 0.4) is 0 Å². The van der Waals surface area contributed by atoms with Crippen LogP contribution in [0.15, 0.2) is 288 Å². The van der Waals surface area contributed by atoms with Gasteiger partial charge in [-0.25, -0.2) is 0 Å². The summed E-state index contributed by atoms with van der Waals surface area (Å²) in [6.07, 6.45) is 1.36. The Bertz CT molecular complexity index is 2980. The second kappa shape index (κ2) is 28.6. The summed E-state index contributed by atoms with van der Waals surface area (Å²) >= 11 is 0. The first-order valence-corrected chi connectivity index (χ1v) is 35.5. The summed E-state index contributed by atoms with van der Waals surface area (Å²) in [7, 11) is -8.81. The third-order valence-electron chi connectivity index (χ3n) is 14.5. The number of nitrogens with zero attached hydrogens (tertiary/aromatic N) is 3.